The number of amidine groups is 1. The van der Waals surface area contributed by atoms with Crippen LogP contribution in [0.5, 0.6) is 0 Å². The van der Waals surface area contributed by atoms with Crippen molar-refractivity contribution in [2.45, 2.75) is 62.2 Å². The number of hydrogen-bond donors (Lipinski definition) is 1. The highest BCUT2D eigenvalue weighted by Crippen LogP contribution is 2.44. The Labute approximate surface area is 126 Å². The lowest BCUT2D eigenvalue weighted by Crippen LogP contribution is -2.47. The van der Waals surface area contributed by atoms with Crippen LogP contribution in [0.3, 0.4) is 0 Å². The lowest BCUT2D eigenvalue weighted by molar-refractivity contribution is 0.242. The average molecular weight is 299 g/mol. The molecule has 0 aromatic rings. The van der Waals surface area contributed by atoms with Gasteiger partial charge >= 0.3 is 0 Å². The molecule has 19 heavy (non-hydrogen) atoms. The van der Waals surface area contributed by atoms with Crippen LogP contribution in [0.15, 0.2) is 4.99 Å². The smallest absolute Gasteiger partial charge is 0.157 e. The van der Waals surface area contributed by atoms with Crippen LogP contribution in [0.25, 0.3) is 0 Å². The fraction of sp³-hybridized carbons (Fsp3) is 0.933. The molecule has 108 valence electrons. The Balaban J connectivity index is 1.59. The van der Waals surface area contributed by atoms with Crippen molar-refractivity contribution in [3.8, 4) is 0 Å². The summed E-state index contributed by atoms with van der Waals surface area (Å²) in [6.07, 6.45) is 11.8. The molecule has 1 spiro atoms. The molecule has 2 nitrogen and oxygen atoms in total. The van der Waals surface area contributed by atoms with Crippen molar-refractivity contribution >= 4 is 28.7 Å². The van der Waals surface area contributed by atoms with Crippen LogP contribution >= 0.6 is 23.5 Å². The Bertz CT molecular complexity index is 360. The number of hydrogen-bond acceptors (Lipinski definition) is 3. The second kappa shape index (κ2) is 5.51. The maximum absolute atomic E-state index is 4.91. The first-order valence-corrected chi connectivity index (χ1v) is 9.87. The van der Waals surface area contributed by atoms with Crippen molar-refractivity contribution in [1.29, 1.82) is 0 Å². The van der Waals surface area contributed by atoms with Gasteiger partial charge in [0.1, 0.15) is 0 Å². The summed E-state index contributed by atoms with van der Waals surface area (Å²) in [7, 11) is 0. The first kappa shape index (κ1) is 14.1. The average Bonchev–Trinajstić information content (AvgIpc) is 2.71. The fourth-order valence-electron chi connectivity index (χ4n) is 3.71. The van der Waals surface area contributed by atoms with Gasteiger partial charge in [0.15, 0.2) is 5.17 Å². The Morgan fingerprint density at radius 3 is 2.84 bits per heavy atom. The Kier molecular flexibility index (Phi) is 4.10. The summed E-state index contributed by atoms with van der Waals surface area (Å²) in [4.78, 5) is 4.91. The van der Waals surface area contributed by atoms with Crippen molar-refractivity contribution in [1.82, 2.24) is 5.32 Å². The van der Waals surface area contributed by atoms with Gasteiger partial charge in [-0.25, -0.2) is 0 Å². The molecule has 1 aliphatic heterocycles. The summed E-state index contributed by atoms with van der Waals surface area (Å²) in [5, 5.41) is 5.02. The van der Waals surface area contributed by atoms with Crippen LogP contribution < -0.4 is 5.32 Å². The molecular formula is C15H26N2S2. The summed E-state index contributed by atoms with van der Waals surface area (Å²) < 4.78 is 0.477. The highest BCUT2D eigenvalue weighted by molar-refractivity contribution is 8.14. The largest absolute Gasteiger partial charge is 0.359 e. The van der Waals surface area contributed by atoms with E-state index in [9.17, 15) is 0 Å². The molecule has 0 radical (unpaired) electrons. The summed E-state index contributed by atoms with van der Waals surface area (Å²) >= 11 is 3.99. The predicted molar refractivity (Wildman–Crippen MR) is 88.4 cm³/mol. The van der Waals surface area contributed by atoms with Gasteiger partial charge in [-0.15, -0.1) is 0 Å². The Morgan fingerprint density at radius 1 is 1.37 bits per heavy atom. The standard InChI is InChI=1S/C15H26N2S2/c1-12-5-3-6-14(9-12)11-19-13(17-14)16-10-15(18-2)7-4-8-15/h12H,3-11H2,1-2H3,(H,16,17). The third-order valence-electron chi connectivity index (χ3n) is 5.16. The zero-order chi connectivity index (χ0) is 13.3. The van der Waals surface area contributed by atoms with Gasteiger partial charge in [-0.05, 0) is 37.9 Å². The molecule has 0 bridgehead atoms. The summed E-state index contributed by atoms with van der Waals surface area (Å²) in [6, 6.07) is 0. The van der Waals surface area contributed by atoms with E-state index in [0.29, 0.717) is 10.3 Å². The van der Waals surface area contributed by atoms with Crippen LogP contribution in [-0.2, 0) is 0 Å². The molecule has 3 aliphatic rings. The van der Waals surface area contributed by atoms with E-state index in [-0.39, 0.29) is 0 Å². The number of nitrogens with zero attached hydrogens (tertiary/aromatic N) is 1. The van der Waals surface area contributed by atoms with Gasteiger partial charge in [-0.1, -0.05) is 37.9 Å². The SMILES string of the molecule is CSC1(CN=C2NC3(CCCC(C)C3)CS2)CCC1. The van der Waals surface area contributed by atoms with E-state index < -0.39 is 0 Å². The van der Waals surface area contributed by atoms with Crippen LogP contribution in [0.2, 0.25) is 0 Å². The van der Waals surface area contributed by atoms with E-state index in [4.69, 9.17) is 4.99 Å². The van der Waals surface area contributed by atoms with Gasteiger partial charge in [0.25, 0.3) is 0 Å². The van der Waals surface area contributed by atoms with Crippen LogP contribution in [-0.4, -0.2) is 34.0 Å². The molecule has 4 heteroatoms. The van der Waals surface area contributed by atoms with Gasteiger partial charge in [-0.2, -0.15) is 11.8 Å². The molecule has 2 aliphatic carbocycles. The number of aliphatic imine (C=N–C) groups is 1. The highest BCUT2D eigenvalue weighted by Gasteiger charge is 2.41. The van der Waals surface area contributed by atoms with Crippen molar-refractivity contribution in [3.05, 3.63) is 0 Å². The lowest BCUT2D eigenvalue weighted by Gasteiger charge is -2.39. The highest BCUT2D eigenvalue weighted by atomic mass is 32.2. The fourth-order valence-corrected chi connectivity index (χ4v) is 5.79. The number of nitrogens with one attached hydrogen (secondary N) is 1. The maximum Gasteiger partial charge on any atom is 0.157 e. The number of rotatable bonds is 3. The zero-order valence-electron chi connectivity index (χ0n) is 12.2. The Hall–Kier alpha value is 0.170. The second-order valence-corrected chi connectivity index (χ2v) is 9.00. The third kappa shape index (κ3) is 2.94. The summed E-state index contributed by atoms with van der Waals surface area (Å²) in [6.45, 7) is 3.43. The summed E-state index contributed by atoms with van der Waals surface area (Å²) in [5.74, 6) is 2.12. The normalized spacial score (nSPS) is 39.3. The lowest BCUT2D eigenvalue weighted by atomic mass is 9.78. The van der Waals surface area contributed by atoms with E-state index >= 15 is 0 Å². The van der Waals surface area contributed by atoms with E-state index in [1.165, 1.54) is 55.9 Å². The number of thioether (sulfide) groups is 2. The molecule has 1 N–H and O–H groups in total. The zero-order valence-corrected chi connectivity index (χ0v) is 13.8. The predicted octanol–water partition coefficient (Wildman–Crippen LogP) is 3.91. The quantitative estimate of drug-likeness (QED) is 0.855. The van der Waals surface area contributed by atoms with Gasteiger partial charge in [0, 0.05) is 16.0 Å². The first-order valence-electron chi connectivity index (χ1n) is 7.66. The molecule has 2 unspecified atom stereocenters. The topological polar surface area (TPSA) is 24.4 Å². The third-order valence-corrected chi connectivity index (χ3v) is 7.76. The molecule has 0 aromatic heterocycles. The maximum atomic E-state index is 4.91. The van der Waals surface area contributed by atoms with E-state index in [0.717, 1.165) is 12.5 Å². The minimum atomic E-state index is 0.382. The molecule has 0 amide bonds. The minimum Gasteiger partial charge on any atom is -0.359 e. The van der Waals surface area contributed by atoms with Crippen LogP contribution in [0.1, 0.15) is 51.9 Å². The van der Waals surface area contributed by atoms with E-state index in [2.05, 4.69) is 18.5 Å². The van der Waals surface area contributed by atoms with E-state index in [1.54, 1.807) is 0 Å². The van der Waals surface area contributed by atoms with Gasteiger partial charge in [0.2, 0.25) is 0 Å². The first-order chi connectivity index (χ1) is 9.15. The van der Waals surface area contributed by atoms with Crippen molar-refractivity contribution < 1.29 is 0 Å². The van der Waals surface area contributed by atoms with Crippen LogP contribution in [0, 0.1) is 5.92 Å². The molecule has 0 aromatic carbocycles. The Morgan fingerprint density at radius 2 is 2.21 bits per heavy atom. The monoisotopic (exact) mass is 298 g/mol. The molecule has 2 atom stereocenters. The molecule has 1 saturated heterocycles. The van der Waals surface area contributed by atoms with Crippen LogP contribution in [0.4, 0.5) is 0 Å². The summed E-state index contributed by atoms with van der Waals surface area (Å²) in [5.41, 5.74) is 0.382. The van der Waals surface area contributed by atoms with Gasteiger partial charge in [0.05, 0.1) is 6.54 Å². The molecule has 3 rings (SSSR count). The van der Waals surface area contributed by atoms with Crippen molar-refractivity contribution in [2.24, 2.45) is 10.9 Å². The molecule has 3 fully saturated rings. The van der Waals surface area contributed by atoms with Gasteiger partial charge < -0.3 is 5.32 Å². The molecule has 2 saturated carbocycles. The van der Waals surface area contributed by atoms with Crippen molar-refractivity contribution in [2.75, 3.05) is 18.6 Å². The van der Waals surface area contributed by atoms with Gasteiger partial charge in [-0.3, -0.25) is 4.99 Å². The second-order valence-electron chi connectivity index (χ2n) is 6.76. The molecular weight excluding hydrogens is 272 g/mol. The van der Waals surface area contributed by atoms with E-state index in [1.807, 2.05) is 23.5 Å². The minimum absolute atomic E-state index is 0.382. The molecule has 1 heterocycles. The van der Waals surface area contributed by atoms with Crippen molar-refractivity contribution in [3.63, 3.8) is 0 Å².